The number of benzene rings is 1. The van der Waals surface area contributed by atoms with Crippen molar-refractivity contribution in [1.29, 1.82) is 5.26 Å². The molecule has 0 saturated heterocycles. The van der Waals surface area contributed by atoms with E-state index in [1.54, 1.807) is 7.11 Å². The molecule has 0 heterocycles. The smallest absolute Gasteiger partial charge is 0.143 e. The number of hydrogen-bond acceptors (Lipinski definition) is 3. The third-order valence-electron chi connectivity index (χ3n) is 5.23. The summed E-state index contributed by atoms with van der Waals surface area (Å²) >= 11 is 0. The fraction of sp³-hybridized carbons (Fsp3) is 0.611. The molecule has 0 aromatic heterocycles. The maximum absolute atomic E-state index is 8.97. The second kappa shape index (κ2) is 6.39. The topological polar surface area (TPSA) is 45.0 Å². The molecule has 1 aromatic rings. The third-order valence-corrected chi connectivity index (χ3v) is 5.23. The molecule has 0 radical (unpaired) electrons. The van der Waals surface area contributed by atoms with Crippen LogP contribution < -0.4 is 10.1 Å². The standard InChI is InChI=1S/C18H24N2O/c1-21-18-10-13(12-19)6-9-17(18)20-16-8-7-14-4-2-3-5-15(14)11-16/h6,9-10,14-16,20H,2-5,7-8,11H2,1H3. The normalized spacial score (nSPS) is 28.3. The van der Waals surface area contributed by atoms with Gasteiger partial charge in [-0.05, 0) is 43.2 Å². The van der Waals surface area contributed by atoms with Gasteiger partial charge in [0.1, 0.15) is 5.75 Å². The van der Waals surface area contributed by atoms with E-state index >= 15 is 0 Å². The van der Waals surface area contributed by atoms with Crippen molar-refractivity contribution in [3.8, 4) is 11.8 Å². The average molecular weight is 284 g/mol. The van der Waals surface area contributed by atoms with Crippen LogP contribution in [0, 0.1) is 23.2 Å². The van der Waals surface area contributed by atoms with E-state index in [1.165, 1.54) is 44.9 Å². The zero-order valence-electron chi connectivity index (χ0n) is 12.8. The summed E-state index contributed by atoms with van der Waals surface area (Å²) in [5, 5.41) is 12.6. The summed E-state index contributed by atoms with van der Waals surface area (Å²) in [6, 6.07) is 8.36. The summed E-state index contributed by atoms with van der Waals surface area (Å²) in [5.41, 5.74) is 1.67. The van der Waals surface area contributed by atoms with E-state index in [2.05, 4.69) is 11.4 Å². The molecule has 112 valence electrons. The quantitative estimate of drug-likeness (QED) is 0.898. The molecule has 2 aliphatic rings. The van der Waals surface area contributed by atoms with Gasteiger partial charge in [0.05, 0.1) is 24.4 Å². The molecule has 3 heteroatoms. The van der Waals surface area contributed by atoms with Gasteiger partial charge in [-0.15, -0.1) is 0 Å². The highest BCUT2D eigenvalue weighted by molar-refractivity contribution is 5.60. The number of nitrogens with zero attached hydrogens (tertiary/aromatic N) is 1. The first kappa shape index (κ1) is 14.3. The van der Waals surface area contributed by atoms with Gasteiger partial charge in [0.2, 0.25) is 0 Å². The summed E-state index contributed by atoms with van der Waals surface area (Å²) in [5.74, 6) is 2.66. The van der Waals surface area contributed by atoms with Crippen LogP contribution >= 0.6 is 0 Å². The van der Waals surface area contributed by atoms with Gasteiger partial charge >= 0.3 is 0 Å². The van der Waals surface area contributed by atoms with Crippen molar-refractivity contribution in [2.75, 3.05) is 12.4 Å². The minimum Gasteiger partial charge on any atom is -0.495 e. The van der Waals surface area contributed by atoms with Crippen molar-refractivity contribution >= 4 is 5.69 Å². The molecule has 3 unspecified atom stereocenters. The number of nitrogens with one attached hydrogen (secondary N) is 1. The highest BCUT2D eigenvalue weighted by atomic mass is 16.5. The number of nitriles is 1. The van der Waals surface area contributed by atoms with Crippen LogP contribution in [-0.4, -0.2) is 13.2 Å². The lowest BCUT2D eigenvalue weighted by Gasteiger charge is -2.40. The summed E-state index contributed by atoms with van der Waals surface area (Å²) in [6.07, 6.45) is 9.60. The molecule has 0 bridgehead atoms. The Morgan fingerprint density at radius 3 is 2.71 bits per heavy atom. The fourth-order valence-electron chi connectivity index (χ4n) is 4.10. The molecule has 1 aromatic carbocycles. The van der Waals surface area contributed by atoms with Crippen molar-refractivity contribution in [3.63, 3.8) is 0 Å². The predicted octanol–water partition coefficient (Wildman–Crippen LogP) is 4.34. The Hall–Kier alpha value is -1.69. The van der Waals surface area contributed by atoms with E-state index in [9.17, 15) is 0 Å². The maximum atomic E-state index is 8.97. The van der Waals surface area contributed by atoms with Gasteiger partial charge in [-0.2, -0.15) is 5.26 Å². The Bertz CT molecular complexity index is 535. The number of ether oxygens (including phenoxy) is 1. The van der Waals surface area contributed by atoms with Gasteiger partial charge in [-0.3, -0.25) is 0 Å². The predicted molar refractivity (Wildman–Crippen MR) is 84.4 cm³/mol. The number of anilines is 1. The van der Waals surface area contributed by atoms with Gasteiger partial charge in [0, 0.05) is 12.1 Å². The Balaban J connectivity index is 1.68. The summed E-state index contributed by atoms with van der Waals surface area (Å²) in [4.78, 5) is 0. The molecule has 3 rings (SSSR count). The minimum atomic E-state index is 0.547. The SMILES string of the molecule is COc1cc(C#N)ccc1NC1CCC2CCCCC2C1. The van der Waals surface area contributed by atoms with E-state index in [0.717, 1.165) is 23.3 Å². The molecule has 2 saturated carbocycles. The zero-order chi connectivity index (χ0) is 14.7. The van der Waals surface area contributed by atoms with Crippen molar-refractivity contribution in [2.45, 2.75) is 51.0 Å². The van der Waals surface area contributed by atoms with E-state index in [1.807, 2.05) is 18.2 Å². The highest BCUT2D eigenvalue weighted by Crippen LogP contribution is 2.41. The van der Waals surface area contributed by atoms with E-state index in [0.29, 0.717) is 11.6 Å². The third kappa shape index (κ3) is 3.15. The van der Waals surface area contributed by atoms with E-state index in [-0.39, 0.29) is 0 Å². The number of fused-ring (bicyclic) bond motifs is 1. The maximum Gasteiger partial charge on any atom is 0.143 e. The van der Waals surface area contributed by atoms with Crippen LogP contribution in [0.15, 0.2) is 18.2 Å². The number of rotatable bonds is 3. The molecular weight excluding hydrogens is 260 g/mol. The molecule has 1 N–H and O–H groups in total. The van der Waals surface area contributed by atoms with Crippen LogP contribution in [0.2, 0.25) is 0 Å². The Labute approximate surface area is 127 Å². The first-order chi connectivity index (χ1) is 10.3. The van der Waals surface area contributed by atoms with Crippen molar-refractivity contribution in [2.24, 2.45) is 11.8 Å². The van der Waals surface area contributed by atoms with Crippen LogP contribution in [0.5, 0.6) is 5.75 Å². The lowest BCUT2D eigenvalue weighted by molar-refractivity contribution is 0.162. The van der Waals surface area contributed by atoms with Gasteiger partial charge in [-0.1, -0.05) is 25.7 Å². The molecule has 3 nitrogen and oxygen atoms in total. The van der Waals surface area contributed by atoms with Crippen molar-refractivity contribution in [3.05, 3.63) is 23.8 Å². The molecule has 3 atom stereocenters. The Morgan fingerprint density at radius 2 is 1.95 bits per heavy atom. The van der Waals surface area contributed by atoms with Crippen LogP contribution in [-0.2, 0) is 0 Å². The summed E-state index contributed by atoms with van der Waals surface area (Å²) in [7, 11) is 1.67. The lowest BCUT2D eigenvalue weighted by atomic mass is 9.69. The minimum absolute atomic E-state index is 0.547. The monoisotopic (exact) mass is 284 g/mol. The van der Waals surface area contributed by atoms with Crippen molar-refractivity contribution in [1.82, 2.24) is 0 Å². The first-order valence-electron chi connectivity index (χ1n) is 8.15. The van der Waals surface area contributed by atoms with Crippen LogP contribution in [0.25, 0.3) is 0 Å². The molecule has 2 aliphatic carbocycles. The van der Waals surface area contributed by atoms with E-state index in [4.69, 9.17) is 10.00 Å². The Morgan fingerprint density at radius 1 is 1.14 bits per heavy atom. The van der Waals surface area contributed by atoms with Gasteiger partial charge in [-0.25, -0.2) is 0 Å². The summed E-state index contributed by atoms with van der Waals surface area (Å²) < 4.78 is 5.42. The highest BCUT2D eigenvalue weighted by Gasteiger charge is 2.32. The number of hydrogen-bond donors (Lipinski definition) is 1. The first-order valence-corrected chi connectivity index (χ1v) is 8.15. The van der Waals surface area contributed by atoms with Crippen LogP contribution in [0.4, 0.5) is 5.69 Å². The fourth-order valence-corrected chi connectivity index (χ4v) is 4.10. The van der Waals surface area contributed by atoms with Crippen LogP contribution in [0.1, 0.15) is 50.5 Å². The lowest BCUT2D eigenvalue weighted by Crippen LogP contribution is -2.34. The Kier molecular flexibility index (Phi) is 4.34. The molecular formula is C18H24N2O. The van der Waals surface area contributed by atoms with Crippen LogP contribution in [0.3, 0.4) is 0 Å². The molecule has 2 fully saturated rings. The number of methoxy groups -OCH3 is 1. The average Bonchev–Trinajstić information content (AvgIpc) is 2.55. The van der Waals surface area contributed by atoms with Gasteiger partial charge in [0.15, 0.2) is 0 Å². The molecule has 0 amide bonds. The van der Waals surface area contributed by atoms with E-state index < -0.39 is 0 Å². The second-order valence-electron chi connectivity index (χ2n) is 6.49. The zero-order valence-corrected chi connectivity index (χ0v) is 12.8. The molecule has 0 spiro atoms. The van der Waals surface area contributed by atoms with Gasteiger partial charge < -0.3 is 10.1 Å². The molecule has 0 aliphatic heterocycles. The second-order valence-corrected chi connectivity index (χ2v) is 6.49. The largest absolute Gasteiger partial charge is 0.495 e. The molecule has 21 heavy (non-hydrogen) atoms. The van der Waals surface area contributed by atoms with Crippen molar-refractivity contribution < 1.29 is 4.74 Å². The summed E-state index contributed by atoms with van der Waals surface area (Å²) in [6.45, 7) is 0. The van der Waals surface area contributed by atoms with Gasteiger partial charge in [0.25, 0.3) is 0 Å².